The lowest BCUT2D eigenvalue weighted by atomic mass is 10.2. The molecule has 0 saturated carbocycles. The Bertz CT molecular complexity index is 765. The van der Waals surface area contributed by atoms with Crippen LogP contribution in [-0.4, -0.2) is 83.8 Å². The molecule has 0 aromatic heterocycles. The van der Waals surface area contributed by atoms with Crippen LogP contribution in [0.25, 0.3) is 0 Å². The Morgan fingerprint density at radius 1 is 1.10 bits per heavy atom. The SMILES string of the molecule is C=CCNC(=NCc1ccc([N+](=O)[O-])cc1)N1CCN(CC(=O)N2CCCC2)CC1. The van der Waals surface area contributed by atoms with Crippen LogP contribution in [0.4, 0.5) is 5.69 Å². The molecule has 0 atom stereocenters. The Kier molecular flexibility index (Phi) is 7.78. The number of hydrogen-bond acceptors (Lipinski definition) is 5. The molecule has 30 heavy (non-hydrogen) atoms. The Balaban J connectivity index is 1.54. The third-order valence-electron chi connectivity index (χ3n) is 5.45. The standard InChI is InChI=1S/C21H30N6O3/c1-2-9-22-21(23-16-18-5-7-19(8-6-18)27(29)30)26-14-12-24(13-15-26)17-20(28)25-10-3-4-11-25/h2,5-8H,1,3-4,9-17H2,(H,22,23). The van der Waals surface area contributed by atoms with Crippen LogP contribution in [0.15, 0.2) is 41.9 Å². The van der Waals surface area contributed by atoms with E-state index in [1.54, 1.807) is 18.2 Å². The summed E-state index contributed by atoms with van der Waals surface area (Å²) in [5, 5.41) is 14.1. The molecular weight excluding hydrogens is 384 g/mol. The molecule has 1 N–H and O–H groups in total. The lowest BCUT2D eigenvalue weighted by molar-refractivity contribution is -0.384. The molecule has 9 heteroatoms. The quantitative estimate of drug-likeness (QED) is 0.239. The van der Waals surface area contributed by atoms with Gasteiger partial charge in [-0.1, -0.05) is 18.2 Å². The van der Waals surface area contributed by atoms with E-state index in [-0.39, 0.29) is 11.6 Å². The number of carbonyl (C=O) groups excluding carboxylic acids is 1. The number of benzene rings is 1. The molecule has 0 aliphatic carbocycles. The van der Waals surface area contributed by atoms with Crippen molar-refractivity contribution in [2.75, 3.05) is 52.4 Å². The monoisotopic (exact) mass is 414 g/mol. The third-order valence-corrected chi connectivity index (χ3v) is 5.45. The van der Waals surface area contributed by atoms with Gasteiger partial charge < -0.3 is 15.1 Å². The number of nitrogens with one attached hydrogen (secondary N) is 1. The van der Waals surface area contributed by atoms with Gasteiger partial charge in [0.2, 0.25) is 5.91 Å². The first-order valence-electron chi connectivity index (χ1n) is 10.4. The van der Waals surface area contributed by atoms with Crippen molar-refractivity contribution in [2.24, 2.45) is 4.99 Å². The van der Waals surface area contributed by atoms with Crippen molar-refractivity contribution in [3.8, 4) is 0 Å². The summed E-state index contributed by atoms with van der Waals surface area (Å²) < 4.78 is 0. The van der Waals surface area contributed by atoms with Gasteiger partial charge in [-0.15, -0.1) is 6.58 Å². The van der Waals surface area contributed by atoms with Gasteiger partial charge in [0.05, 0.1) is 18.0 Å². The minimum Gasteiger partial charge on any atom is -0.353 e. The van der Waals surface area contributed by atoms with Crippen molar-refractivity contribution in [3.63, 3.8) is 0 Å². The minimum absolute atomic E-state index is 0.0762. The van der Waals surface area contributed by atoms with Crippen molar-refractivity contribution in [3.05, 3.63) is 52.6 Å². The molecule has 1 aromatic carbocycles. The first-order chi connectivity index (χ1) is 14.6. The van der Waals surface area contributed by atoms with Crippen LogP contribution >= 0.6 is 0 Å². The van der Waals surface area contributed by atoms with Gasteiger partial charge in [0, 0.05) is 57.9 Å². The number of aliphatic imine (C=N–C) groups is 1. The van der Waals surface area contributed by atoms with Gasteiger partial charge >= 0.3 is 0 Å². The summed E-state index contributed by atoms with van der Waals surface area (Å²) in [5.74, 6) is 1.02. The Morgan fingerprint density at radius 2 is 1.77 bits per heavy atom. The highest BCUT2D eigenvalue weighted by Crippen LogP contribution is 2.13. The van der Waals surface area contributed by atoms with Crippen molar-refractivity contribution in [1.29, 1.82) is 0 Å². The maximum atomic E-state index is 12.4. The van der Waals surface area contributed by atoms with Gasteiger partial charge in [-0.25, -0.2) is 4.99 Å². The zero-order valence-electron chi connectivity index (χ0n) is 17.3. The number of non-ortho nitro benzene ring substituents is 1. The average Bonchev–Trinajstić information content (AvgIpc) is 3.30. The fraction of sp³-hybridized carbons (Fsp3) is 0.524. The van der Waals surface area contributed by atoms with E-state index < -0.39 is 4.92 Å². The number of piperazine rings is 1. The fourth-order valence-corrected chi connectivity index (χ4v) is 3.70. The lowest BCUT2D eigenvalue weighted by Gasteiger charge is -2.36. The number of rotatable bonds is 7. The van der Waals surface area contributed by atoms with Crippen LogP contribution in [0, 0.1) is 10.1 Å². The highest BCUT2D eigenvalue weighted by molar-refractivity contribution is 5.80. The van der Waals surface area contributed by atoms with E-state index in [4.69, 9.17) is 4.99 Å². The zero-order valence-corrected chi connectivity index (χ0v) is 17.3. The number of amides is 1. The second-order valence-corrected chi connectivity index (χ2v) is 7.58. The Hall–Kier alpha value is -2.94. The van der Waals surface area contributed by atoms with E-state index in [0.717, 1.165) is 63.6 Å². The van der Waals surface area contributed by atoms with E-state index in [1.165, 1.54) is 12.1 Å². The molecular formula is C21H30N6O3. The molecule has 2 aliphatic heterocycles. The highest BCUT2D eigenvalue weighted by Gasteiger charge is 2.24. The van der Waals surface area contributed by atoms with Gasteiger partial charge in [0.15, 0.2) is 5.96 Å². The summed E-state index contributed by atoms with van der Waals surface area (Å²) in [4.78, 5) is 33.8. The van der Waals surface area contributed by atoms with Gasteiger partial charge in [-0.3, -0.25) is 19.8 Å². The Morgan fingerprint density at radius 3 is 2.37 bits per heavy atom. The normalized spacial score (nSPS) is 17.8. The molecule has 9 nitrogen and oxygen atoms in total. The molecule has 0 spiro atoms. The van der Waals surface area contributed by atoms with Crippen LogP contribution in [0.2, 0.25) is 0 Å². The van der Waals surface area contributed by atoms with Crippen LogP contribution in [0.5, 0.6) is 0 Å². The number of guanidine groups is 1. The molecule has 3 rings (SSSR count). The zero-order chi connectivity index (χ0) is 21.3. The van der Waals surface area contributed by atoms with Crippen molar-refractivity contribution >= 4 is 17.6 Å². The van der Waals surface area contributed by atoms with Crippen molar-refractivity contribution < 1.29 is 9.72 Å². The van der Waals surface area contributed by atoms with Crippen LogP contribution < -0.4 is 5.32 Å². The second kappa shape index (κ2) is 10.7. The predicted molar refractivity (Wildman–Crippen MR) is 116 cm³/mol. The summed E-state index contributed by atoms with van der Waals surface area (Å²) in [6.07, 6.45) is 4.01. The predicted octanol–water partition coefficient (Wildman–Crippen LogP) is 1.47. The second-order valence-electron chi connectivity index (χ2n) is 7.58. The number of carbonyl (C=O) groups is 1. The minimum atomic E-state index is -0.405. The van der Waals surface area contributed by atoms with Crippen LogP contribution in [0.3, 0.4) is 0 Å². The summed E-state index contributed by atoms with van der Waals surface area (Å²) in [6, 6.07) is 6.46. The molecule has 2 heterocycles. The Labute approximate surface area is 177 Å². The molecule has 1 amide bonds. The molecule has 2 saturated heterocycles. The largest absolute Gasteiger partial charge is 0.353 e. The molecule has 0 radical (unpaired) electrons. The first-order valence-corrected chi connectivity index (χ1v) is 10.4. The van der Waals surface area contributed by atoms with Gasteiger partial charge in [-0.2, -0.15) is 0 Å². The molecule has 2 fully saturated rings. The molecule has 0 unspecified atom stereocenters. The highest BCUT2D eigenvalue weighted by atomic mass is 16.6. The topological polar surface area (TPSA) is 94.3 Å². The maximum absolute atomic E-state index is 12.4. The third kappa shape index (κ3) is 6.03. The number of nitro benzene ring substituents is 1. The number of hydrogen-bond donors (Lipinski definition) is 1. The first kappa shape index (κ1) is 21.8. The number of nitrogens with zero attached hydrogens (tertiary/aromatic N) is 5. The van der Waals surface area contributed by atoms with Gasteiger partial charge in [0.25, 0.3) is 5.69 Å². The van der Waals surface area contributed by atoms with Crippen LogP contribution in [-0.2, 0) is 11.3 Å². The number of nitro groups is 1. The van der Waals surface area contributed by atoms with Crippen molar-refractivity contribution in [1.82, 2.24) is 20.0 Å². The van der Waals surface area contributed by atoms with E-state index in [1.807, 2.05) is 4.90 Å². The van der Waals surface area contributed by atoms with E-state index >= 15 is 0 Å². The van der Waals surface area contributed by atoms with E-state index in [2.05, 4.69) is 21.7 Å². The molecule has 162 valence electrons. The molecule has 0 bridgehead atoms. The maximum Gasteiger partial charge on any atom is 0.269 e. The summed E-state index contributed by atoms with van der Waals surface area (Å²) in [7, 11) is 0. The number of likely N-dealkylation sites (tertiary alicyclic amines) is 1. The van der Waals surface area contributed by atoms with Crippen molar-refractivity contribution in [2.45, 2.75) is 19.4 Å². The van der Waals surface area contributed by atoms with Gasteiger partial charge in [-0.05, 0) is 18.4 Å². The summed E-state index contributed by atoms with van der Waals surface area (Å²) in [5.41, 5.74) is 0.987. The lowest BCUT2D eigenvalue weighted by Crippen LogP contribution is -2.54. The van der Waals surface area contributed by atoms with Gasteiger partial charge in [0.1, 0.15) is 0 Å². The average molecular weight is 415 g/mol. The van der Waals surface area contributed by atoms with E-state index in [0.29, 0.717) is 19.6 Å². The van der Waals surface area contributed by atoms with Crippen LogP contribution in [0.1, 0.15) is 18.4 Å². The summed E-state index contributed by atoms with van der Waals surface area (Å²) >= 11 is 0. The summed E-state index contributed by atoms with van der Waals surface area (Å²) in [6.45, 7) is 10.3. The van der Waals surface area contributed by atoms with E-state index in [9.17, 15) is 14.9 Å². The molecule has 1 aromatic rings. The fourth-order valence-electron chi connectivity index (χ4n) is 3.70. The smallest absolute Gasteiger partial charge is 0.269 e. The molecule has 2 aliphatic rings.